The molecule has 312 valence electrons. The first-order chi connectivity index (χ1) is 26.1. The fourth-order valence-electron chi connectivity index (χ4n) is 3.97. The van der Waals surface area contributed by atoms with Gasteiger partial charge in [0.2, 0.25) is 0 Å². The Morgan fingerprint density at radius 2 is 0.891 bits per heavy atom. The zero-order valence-electron chi connectivity index (χ0n) is 31.6. The Bertz CT molecular complexity index is 1180. The Kier molecular flexibility index (Phi) is 36.1. The SMILES string of the molecule is CC(=O)[NH][Ga]([I])[O]CCOCCNC(=O)CCC(NC(=O)CCC(C)C(=O)NCCOCC[O][Ga]([I])[NH]C(C)=O)C(=O)NCCOCC[O][Ga]([I])[NH]C(C)=O. The molecular weight excluding hydrogens is 1240 g/mol. The monoisotopic (exact) mass is 1290 g/mol. The average molecular weight is 1300 g/mol. The molecule has 0 aliphatic carbocycles. The molecule has 0 saturated heterocycles. The van der Waals surface area contributed by atoms with Crippen LogP contribution < -0.4 is 33.3 Å². The molecule has 0 aromatic carbocycles. The van der Waals surface area contributed by atoms with Crippen molar-refractivity contribution in [2.24, 2.45) is 5.92 Å². The fourth-order valence-corrected chi connectivity index (χ4v) is 19.2. The topological polar surface area (TPSA) is 259 Å². The molecule has 0 spiro atoms. The van der Waals surface area contributed by atoms with Crippen LogP contribution in [0.1, 0.15) is 53.4 Å². The third kappa shape index (κ3) is 35.8. The molecule has 0 aromatic heterocycles. The van der Waals surface area contributed by atoms with E-state index in [1.54, 1.807) is 6.92 Å². The van der Waals surface area contributed by atoms with Crippen LogP contribution in [0.3, 0.4) is 0 Å². The Morgan fingerprint density at radius 3 is 1.31 bits per heavy atom. The van der Waals surface area contributed by atoms with Gasteiger partial charge in [0.05, 0.1) is 0 Å². The van der Waals surface area contributed by atoms with Gasteiger partial charge in [-0.25, -0.2) is 0 Å². The first-order valence-corrected chi connectivity index (χ1v) is 46.3. The van der Waals surface area contributed by atoms with Crippen molar-refractivity contribution in [3.05, 3.63) is 0 Å². The van der Waals surface area contributed by atoms with E-state index in [4.69, 9.17) is 24.8 Å². The third-order valence-electron chi connectivity index (χ3n) is 6.65. The molecule has 26 heteroatoms. The Balaban J connectivity index is 4.71. The van der Waals surface area contributed by atoms with E-state index in [-0.39, 0.29) is 101 Å². The zero-order valence-corrected chi connectivity index (χ0v) is 45.4. The third-order valence-corrected chi connectivity index (χ3v) is 24.4. The van der Waals surface area contributed by atoms with E-state index < -0.39 is 63.6 Å². The van der Waals surface area contributed by atoms with Crippen molar-refractivity contribution in [1.29, 1.82) is 0 Å². The molecule has 0 radical (unpaired) electrons. The molecule has 0 fully saturated rings. The van der Waals surface area contributed by atoms with E-state index in [0.29, 0.717) is 33.0 Å². The summed E-state index contributed by atoms with van der Waals surface area (Å²) in [6.45, 7) is 9.22. The molecule has 2 unspecified atom stereocenters. The number of rotatable bonds is 33. The molecule has 55 heavy (non-hydrogen) atoms. The van der Waals surface area contributed by atoms with Crippen molar-refractivity contribution in [3.63, 3.8) is 0 Å². The van der Waals surface area contributed by atoms with Crippen LogP contribution >= 0.6 is 59.0 Å². The van der Waals surface area contributed by atoms with E-state index in [1.165, 1.54) is 20.8 Å². The minimum atomic E-state index is -2.32. The normalized spacial score (nSPS) is 11.7. The molecule has 0 rings (SSSR count). The van der Waals surface area contributed by atoms with Crippen LogP contribution in [0.15, 0.2) is 0 Å². The summed E-state index contributed by atoms with van der Waals surface area (Å²) in [5.74, 6) is -2.39. The quantitative estimate of drug-likeness (QED) is 0.0232. The van der Waals surface area contributed by atoms with Crippen LogP contribution in [-0.2, 0) is 58.4 Å². The Morgan fingerprint density at radius 1 is 0.509 bits per heavy atom. The summed E-state index contributed by atoms with van der Waals surface area (Å²) in [6.07, 6.45) is 0.193. The molecule has 0 bridgehead atoms. The van der Waals surface area contributed by atoms with Gasteiger partial charge in [-0.1, -0.05) is 0 Å². The van der Waals surface area contributed by atoms with Gasteiger partial charge in [-0.15, -0.1) is 0 Å². The molecule has 0 aliphatic heterocycles. The zero-order chi connectivity index (χ0) is 41.4. The van der Waals surface area contributed by atoms with Crippen molar-refractivity contribution in [1.82, 2.24) is 33.3 Å². The fraction of sp³-hybridized carbons (Fsp3) is 0.759. The van der Waals surface area contributed by atoms with E-state index in [1.807, 2.05) is 0 Å². The van der Waals surface area contributed by atoms with Crippen LogP contribution in [0.5, 0.6) is 0 Å². The van der Waals surface area contributed by atoms with Crippen LogP contribution in [0.25, 0.3) is 0 Å². The van der Waals surface area contributed by atoms with E-state index in [9.17, 15) is 33.6 Å². The van der Waals surface area contributed by atoms with Crippen molar-refractivity contribution >= 4 is 140 Å². The van der Waals surface area contributed by atoms with Gasteiger partial charge in [-0.05, 0) is 0 Å². The number of hydrogen-bond donors (Lipinski definition) is 7. The van der Waals surface area contributed by atoms with Gasteiger partial charge in [0.1, 0.15) is 0 Å². The van der Waals surface area contributed by atoms with Crippen molar-refractivity contribution in [2.45, 2.75) is 59.4 Å². The summed E-state index contributed by atoms with van der Waals surface area (Å²) in [5, 5.41) is 10.9. The molecule has 7 N–H and O–H groups in total. The summed E-state index contributed by atoms with van der Waals surface area (Å²) in [7, 11) is 0. The molecule has 0 aliphatic rings. The minimum absolute atomic E-state index is 0.0210. The first kappa shape index (κ1) is 55.1. The van der Waals surface area contributed by atoms with Gasteiger partial charge in [-0.3, -0.25) is 0 Å². The maximum atomic E-state index is 13.1. The van der Waals surface area contributed by atoms with Crippen LogP contribution in [0.4, 0.5) is 0 Å². The molecule has 0 heterocycles. The molecule has 0 saturated carbocycles. The van der Waals surface area contributed by atoms with Gasteiger partial charge >= 0.3 is 376 Å². The number of carbonyl (C=O) groups excluding carboxylic acids is 7. The van der Waals surface area contributed by atoms with Crippen molar-refractivity contribution in [2.75, 3.05) is 79.1 Å². The Labute approximate surface area is 372 Å². The van der Waals surface area contributed by atoms with E-state index >= 15 is 0 Å². The van der Waals surface area contributed by atoms with E-state index in [2.05, 4.69) is 92.4 Å². The molecular formula is C29H53Ga3I3N7O13. The van der Waals surface area contributed by atoms with Gasteiger partial charge in [0, 0.05) is 0 Å². The molecule has 20 nitrogen and oxygen atoms in total. The van der Waals surface area contributed by atoms with Gasteiger partial charge in [0.15, 0.2) is 0 Å². The molecule has 2 atom stereocenters. The number of halogens is 3. The Hall–Kier alpha value is 0.149. The van der Waals surface area contributed by atoms with Crippen molar-refractivity contribution in [3.8, 4) is 0 Å². The number of hydrogen-bond acceptors (Lipinski definition) is 13. The van der Waals surface area contributed by atoms with Crippen molar-refractivity contribution < 1.29 is 58.4 Å². The number of amides is 7. The number of carbonyl (C=O) groups is 7. The van der Waals surface area contributed by atoms with E-state index in [0.717, 1.165) is 0 Å². The predicted octanol–water partition coefficient (Wildman–Crippen LogP) is -1.22. The van der Waals surface area contributed by atoms with Crippen LogP contribution in [0, 0.1) is 5.92 Å². The predicted molar refractivity (Wildman–Crippen MR) is 230 cm³/mol. The first-order valence-electron chi connectivity index (χ1n) is 17.5. The molecule has 0 aromatic rings. The summed E-state index contributed by atoms with van der Waals surface area (Å²) >= 11 is -0.539. The second-order valence-corrected chi connectivity index (χ2v) is 37.1. The standard InChI is InChI=1S/C23H41N4O10.3C2H5NO.3Ga.3HI/c1-18(22(33)25-7-13-36-16-10-29)2-4-21(32)27-19(23(34)26-8-14-37-17-11-30)3-5-20(31)24-6-12-35-15-9-28;3*1-2(3)4;;;;;;/h18-19H,2-17H2,1H3,(H,24,31)(H,25,33)(H,26,34)(H,27,32);3*1H3,(H2,3,4);;;;3*1H/q-3;;;;3*+3;;;/p-6. The maximum absolute atomic E-state index is 13.1. The van der Waals surface area contributed by atoms with Crippen LogP contribution in [-0.4, -0.2) is 166 Å². The summed E-state index contributed by atoms with van der Waals surface area (Å²) in [6, 6.07) is -1.01. The van der Waals surface area contributed by atoms with Gasteiger partial charge in [0.25, 0.3) is 0 Å². The second-order valence-electron chi connectivity index (χ2n) is 11.5. The summed E-state index contributed by atoms with van der Waals surface area (Å²) < 4.78 is 41.4. The average Bonchev–Trinajstić information content (AvgIpc) is 3.09. The molecule has 7 amide bonds. The van der Waals surface area contributed by atoms with Gasteiger partial charge < -0.3 is 0 Å². The van der Waals surface area contributed by atoms with Crippen LogP contribution in [0.2, 0.25) is 0 Å². The summed E-state index contributed by atoms with van der Waals surface area (Å²) in [4.78, 5) is 84.2. The summed E-state index contributed by atoms with van der Waals surface area (Å²) in [5.41, 5.74) is 0. The number of ether oxygens (including phenoxy) is 3. The second kappa shape index (κ2) is 36.0. The van der Waals surface area contributed by atoms with Gasteiger partial charge in [-0.2, -0.15) is 0 Å². The number of nitrogens with one attached hydrogen (secondary N) is 7.